The second kappa shape index (κ2) is 13.2. The number of halogens is 1. The summed E-state index contributed by atoms with van der Waals surface area (Å²) in [6.45, 7) is 5.94. The number of nitro groups is 1. The first-order valence-corrected chi connectivity index (χ1v) is 11.9. The van der Waals surface area contributed by atoms with Crippen molar-refractivity contribution in [2.45, 2.75) is 39.5 Å². The van der Waals surface area contributed by atoms with Gasteiger partial charge in [0.2, 0.25) is 17.8 Å². The number of hydrogen-bond acceptors (Lipinski definition) is 9. The van der Waals surface area contributed by atoms with Gasteiger partial charge in [-0.1, -0.05) is 50.4 Å². The molecule has 0 unspecified atom stereocenters. The summed E-state index contributed by atoms with van der Waals surface area (Å²) in [5.74, 6) is 1.13. The van der Waals surface area contributed by atoms with Gasteiger partial charge in [0.15, 0.2) is 0 Å². The molecule has 0 fully saturated rings. The Bertz CT molecular complexity index is 1120. The molecule has 3 rings (SSSR count). The van der Waals surface area contributed by atoms with Crippen LogP contribution in [0.1, 0.15) is 45.1 Å². The first-order chi connectivity index (χ1) is 17.0. The molecule has 0 aliphatic carbocycles. The fourth-order valence-corrected chi connectivity index (χ4v) is 3.26. The van der Waals surface area contributed by atoms with Crippen LogP contribution in [0.25, 0.3) is 0 Å². The highest BCUT2D eigenvalue weighted by molar-refractivity contribution is 6.30. The maximum Gasteiger partial charge on any atom is 0.269 e. The Labute approximate surface area is 209 Å². The summed E-state index contributed by atoms with van der Waals surface area (Å²) in [7, 11) is 0. The van der Waals surface area contributed by atoms with Crippen LogP contribution >= 0.6 is 11.6 Å². The normalized spacial score (nSPS) is 10.9. The molecule has 10 nitrogen and oxygen atoms in total. The van der Waals surface area contributed by atoms with Crippen LogP contribution < -0.4 is 15.6 Å². The van der Waals surface area contributed by atoms with Gasteiger partial charge in [0.05, 0.1) is 11.1 Å². The number of unbranched alkanes of at least 4 members (excludes halogenated alkanes) is 2. The van der Waals surface area contributed by atoms with Crippen LogP contribution in [0.3, 0.4) is 0 Å². The van der Waals surface area contributed by atoms with E-state index in [0.717, 1.165) is 44.3 Å². The number of rotatable bonds is 13. The monoisotopic (exact) mass is 496 g/mol. The topological polar surface area (TPSA) is 121 Å². The average molecular weight is 497 g/mol. The second-order valence-electron chi connectivity index (χ2n) is 7.83. The minimum Gasteiger partial charge on any atom is -0.341 e. The van der Waals surface area contributed by atoms with Crippen LogP contribution in [0.15, 0.2) is 53.6 Å². The molecule has 0 radical (unpaired) electrons. The predicted molar refractivity (Wildman–Crippen MR) is 141 cm³/mol. The van der Waals surface area contributed by atoms with Gasteiger partial charge in [-0.15, -0.1) is 0 Å². The quantitative estimate of drug-likeness (QED) is 0.167. The molecule has 0 amide bonds. The van der Waals surface area contributed by atoms with Gasteiger partial charge in [0.1, 0.15) is 0 Å². The minimum absolute atomic E-state index is 0.0103. The van der Waals surface area contributed by atoms with Crippen molar-refractivity contribution in [1.29, 1.82) is 0 Å². The second-order valence-corrected chi connectivity index (χ2v) is 8.26. The van der Waals surface area contributed by atoms with Crippen molar-refractivity contribution in [2.75, 3.05) is 28.7 Å². The number of benzene rings is 2. The lowest BCUT2D eigenvalue weighted by Crippen LogP contribution is -2.28. The lowest BCUT2D eigenvalue weighted by atomic mass is 10.2. The average Bonchev–Trinajstić information content (AvgIpc) is 2.85. The Balaban J connectivity index is 1.87. The molecule has 2 aromatic carbocycles. The van der Waals surface area contributed by atoms with Crippen molar-refractivity contribution >= 4 is 47.0 Å². The van der Waals surface area contributed by atoms with Crippen molar-refractivity contribution in [2.24, 2.45) is 5.10 Å². The molecule has 0 spiro atoms. The highest BCUT2D eigenvalue weighted by Crippen LogP contribution is 2.21. The zero-order chi connectivity index (χ0) is 25.0. The number of nitrogens with one attached hydrogen (secondary N) is 2. The number of anilines is 4. The first-order valence-electron chi connectivity index (χ1n) is 11.6. The predicted octanol–water partition coefficient (Wildman–Crippen LogP) is 6.03. The Morgan fingerprint density at radius 1 is 0.971 bits per heavy atom. The molecule has 0 aliphatic heterocycles. The lowest BCUT2D eigenvalue weighted by Gasteiger charge is -2.23. The van der Waals surface area contributed by atoms with Crippen LogP contribution in [0, 0.1) is 10.1 Å². The molecule has 0 bridgehead atoms. The van der Waals surface area contributed by atoms with Crippen molar-refractivity contribution < 1.29 is 4.92 Å². The highest BCUT2D eigenvalue weighted by Gasteiger charge is 2.14. The number of non-ortho nitro benzene ring substituents is 1. The van der Waals surface area contributed by atoms with E-state index in [9.17, 15) is 10.1 Å². The lowest BCUT2D eigenvalue weighted by molar-refractivity contribution is -0.384. The molecule has 1 heterocycles. The molecule has 184 valence electrons. The standard InChI is InChI=1S/C24H29ClN8O2/c1-3-5-15-32(16-6-4-2)24-29-22(27-20-11-13-21(14-12-20)33(34)35)28-23(30-24)31-26-17-18-7-9-19(25)10-8-18/h7-14,17H,3-6,15-16H2,1-2H3,(H2,27,28,29,30,31)/b26-17+. The Kier molecular flexibility index (Phi) is 9.73. The molecular weight excluding hydrogens is 468 g/mol. The maximum absolute atomic E-state index is 10.9. The number of nitrogens with zero attached hydrogens (tertiary/aromatic N) is 6. The van der Waals surface area contributed by atoms with Crippen molar-refractivity contribution in [1.82, 2.24) is 15.0 Å². The molecule has 0 atom stereocenters. The summed E-state index contributed by atoms with van der Waals surface area (Å²) in [4.78, 5) is 26.3. The third kappa shape index (κ3) is 8.18. The Morgan fingerprint density at radius 3 is 2.20 bits per heavy atom. The van der Waals surface area contributed by atoms with E-state index in [1.165, 1.54) is 12.1 Å². The summed E-state index contributed by atoms with van der Waals surface area (Å²) in [5, 5.41) is 19.0. The van der Waals surface area contributed by atoms with Gasteiger partial charge in [-0.2, -0.15) is 20.1 Å². The molecule has 3 aromatic rings. The molecule has 0 aliphatic rings. The minimum atomic E-state index is -0.440. The van der Waals surface area contributed by atoms with Crippen molar-refractivity contribution in [3.8, 4) is 0 Å². The van der Waals surface area contributed by atoms with Gasteiger partial charge >= 0.3 is 0 Å². The highest BCUT2D eigenvalue weighted by atomic mass is 35.5. The van der Waals surface area contributed by atoms with Gasteiger partial charge in [-0.3, -0.25) is 10.1 Å². The smallest absolute Gasteiger partial charge is 0.269 e. The van der Waals surface area contributed by atoms with Gasteiger partial charge in [0, 0.05) is 35.9 Å². The summed E-state index contributed by atoms with van der Waals surface area (Å²) in [6, 6.07) is 13.4. The van der Waals surface area contributed by atoms with E-state index in [1.807, 2.05) is 12.1 Å². The zero-order valence-electron chi connectivity index (χ0n) is 19.8. The van der Waals surface area contributed by atoms with E-state index in [2.05, 4.69) is 49.5 Å². The van der Waals surface area contributed by atoms with Crippen LogP contribution in [0.2, 0.25) is 5.02 Å². The zero-order valence-corrected chi connectivity index (χ0v) is 20.6. The third-order valence-corrected chi connectivity index (χ3v) is 5.30. The number of hydrazone groups is 1. The third-order valence-electron chi connectivity index (χ3n) is 5.05. The fourth-order valence-electron chi connectivity index (χ4n) is 3.13. The molecule has 1 aromatic heterocycles. The largest absolute Gasteiger partial charge is 0.341 e. The van der Waals surface area contributed by atoms with E-state index >= 15 is 0 Å². The Hall–Kier alpha value is -3.79. The van der Waals surface area contributed by atoms with E-state index in [-0.39, 0.29) is 11.6 Å². The molecule has 0 saturated carbocycles. The van der Waals surface area contributed by atoms with Gasteiger partial charge < -0.3 is 10.2 Å². The summed E-state index contributed by atoms with van der Waals surface area (Å²) >= 11 is 5.94. The van der Waals surface area contributed by atoms with E-state index < -0.39 is 4.92 Å². The van der Waals surface area contributed by atoms with E-state index in [4.69, 9.17) is 11.6 Å². The van der Waals surface area contributed by atoms with E-state index in [1.54, 1.807) is 30.5 Å². The molecule has 35 heavy (non-hydrogen) atoms. The van der Waals surface area contributed by atoms with Crippen molar-refractivity contribution in [3.05, 3.63) is 69.2 Å². The first kappa shape index (κ1) is 25.8. The number of hydrogen-bond donors (Lipinski definition) is 2. The summed E-state index contributed by atoms with van der Waals surface area (Å²) in [5.41, 5.74) is 4.38. The van der Waals surface area contributed by atoms with Crippen molar-refractivity contribution in [3.63, 3.8) is 0 Å². The molecule has 0 saturated heterocycles. The van der Waals surface area contributed by atoms with Crippen LogP contribution in [-0.2, 0) is 0 Å². The molecule has 11 heteroatoms. The number of aromatic nitrogens is 3. The van der Waals surface area contributed by atoms with Crippen LogP contribution in [0.4, 0.5) is 29.2 Å². The van der Waals surface area contributed by atoms with Gasteiger partial charge in [-0.05, 0) is 42.7 Å². The van der Waals surface area contributed by atoms with Crippen LogP contribution in [0.5, 0.6) is 0 Å². The SMILES string of the molecule is CCCCN(CCCC)c1nc(N/N=C/c2ccc(Cl)cc2)nc(Nc2ccc([N+](=O)[O-])cc2)n1. The van der Waals surface area contributed by atoms with E-state index in [0.29, 0.717) is 22.6 Å². The number of nitro benzene ring substituents is 1. The van der Waals surface area contributed by atoms with Gasteiger partial charge in [-0.25, -0.2) is 5.43 Å². The van der Waals surface area contributed by atoms with Gasteiger partial charge in [0.25, 0.3) is 5.69 Å². The maximum atomic E-state index is 10.9. The Morgan fingerprint density at radius 2 is 1.60 bits per heavy atom. The fraction of sp³-hybridized carbons (Fsp3) is 0.333. The summed E-state index contributed by atoms with van der Waals surface area (Å²) in [6.07, 6.45) is 5.78. The summed E-state index contributed by atoms with van der Waals surface area (Å²) < 4.78 is 0. The molecular formula is C24H29ClN8O2. The van der Waals surface area contributed by atoms with Crippen LogP contribution in [-0.4, -0.2) is 39.2 Å². The molecule has 2 N–H and O–H groups in total.